The van der Waals surface area contributed by atoms with Crippen LogP contribution >= 0.6 is 0 Å². The third-order valence-corrected chi connectivity index (χ3v) is 4.71. The predicted octanol–water partition coefficient (Wildman–Crippen LogP) is 2.86. The van der Waals surface area contributed by atoms with E-state index in [9.17, 15) is 13.9 Å². The van der Waals surface area contributed by atoms with Crippen LogP contribution in [0.15, 0.2) is 11.9 Å². The van der Waals surface area contributed by atoms with Crippen molar-refractivity contribution < 1.29 is 13.9 Å². The van der Waals surface area contributed by atoms with Gasteiger partial charge in [-0.2, -0.15) is 0 Å². The first-order valence-corrected chi connectivity index (χ1v) is 6.99. The van der Waals surface area contributed by atoms with Crippen molar-refractivity contribution in [1.29, 1.82) is 0 Å². The summed E-state index contributed by atoms with van der Waals surface area (Å²) in [6.45, 7) is 0.0677. The highest BCUT2D eigenvalue weighted by molar-refractivity contribution is 5.06. The van der Waals surface area contributed by atoms with Gasteiger partial charge in [-0.15, -0.1) is 0 Å². The third kappa shape index (κ3) is 2.59. The molecule has 1 saturated carbocycles. The molecule has 0 amide bonds. The molecule has 2 nitrogen and oxygen atoms in total. The first-order valence-electron chi connectivity index (χ1n) is 6.99. The van der Waals surface area contributed by atoms with Gasteiger partial charge in [-0.05, 0) is 38.0 Å². The highest BCUT2D eigenvalue weighted by Gasteiger charge is 2.47. The van der Waals surface area contributed by atoms with Gasteiger partial charge in [-0.3, -0.25) is 0 Å². The van der Waals surface area contributed by atoms with Gasteiger partial charge in [0.15, 0.2) is 0 Å². The molecule has 1 fully saturated rings. The van der Waals surface area contributed by atoms with E-state index in [1.54, 1.807) is 0 Å². The van der Waals surface area contributed by atoms with Crippen LogP contribution in [0.1, 0.15) is 44.9 Å². The SMILES string of the molecule is NCC(O)(C1CC=C(F)CC1)C1CCCCC1F. The topological polar surface area (TPSA) is 46.2 Å². The zero-order valence-electron chi connectivity index (χ0n) is 10.7. The van der Waals surface area contributed by atoms with Crippen LogP contribution in [-0.4, -0.2) is 23.4 Å². The van der Waals surface area contributed by atoms with Crippen molar-refractivity contribution >= 4 is 0 Å². The molecule has 0 aromatic carbocycles. The van der Waals surface area contributed by atoms with Crippen molar-refractivity contribution in [2.45, 2.75) is 56.7 Å². The van der Waals surface area contributed by atoms with Crippen molar-refractivity contribution in [3.63, 3.8) is 0 Å². The summed E-state index contributed by atoms with van der Waals surface area (Å²) in [6, 6.07) is 0. The number of nitrogens with two attached hydrogens (primary N) is 1. The van der Waals surface area contributed by atoms with Gasteiger partial charge in [0.1, 0.15) is 6.17 Å². The van der Waals surface area contributed by atoms with Crippen LogP contribution in [0, 0.1) is 11.8 Å². The molecular formula is C14H23F2NO. The molecule has 2 aliphatic rings. The maximum atomic E-state index is 14.1. The Kier molecular flexibility index (Phi) is 4.38. The van der Waals surface area contributed by atoms with Crippen molar-refractivity contribution in [2.75, 3.05) is 6.54 Å². The number of halogens is 2. The van der Waals surface area contributed by atoms with E-state index in [0.717, 1.165) is 12.8 Å². The molecule has 2 aliphatic carbocycles. The van der Waals surface area contributed by atoms with E-state index in [4.69, 9.17) is 5.73 Å². The Balaban J connectivity index is 2.13. The number of allylic oxidation sites excluding steroid dienone is 2. The Morgan fingerprint density at radius 1 is 1.33 bits per heavy atom. The highest BCUT2D eigenvalue weighted by Crippen LogP contribution is 2.43. The standard InChI is InChI=1S/C14H23F2NO/c15-11-7-5-10(6-8-11)14(18,9-17)12-3-1-2-4-13(12)16/h7,10,12-13,18H,1-6,8-9,17H2. The predicted molar refractivity (Wildman–Crippen MR) is 67.4 cm³/mol. The monoisotopic (exact) mass is 259 g/mol. The van der Waals surface area contributed by atoms with Gasteiger partial charge in [0.05, 0.1) is 11.4 Å². The van der Waals surface area contributed by atoms with Gasteiger partial charge in [0.25, 0.3) is 0 Å². The number of aliphatic hydroxyl groups is 1. The minimum absolute atomic E-state index is 0.0677. The molecule has 18 heavy (non-hydrogen) atoms. The van der Waals surface area contributed by atoms with Crippen molar-refractivity contribution in [1.82, 2.24) is 0 Å². The highest BCUT2D eigenvalue weighted by atomic mass is 19.1. The molecule has 0 spiro atoms. The summed E-state index contributed by atoms with van der Waals surface area (Å²) in [5.41, 5.74) is 4.56. The molecule has 0 bridgehead atoms. The molecule has 0 heterocycles. The normalized spacial score (nSPS) is 36.9. The Morgan fingerprint density at radius 3 is 2.61 bits per heavy atom. The van der Waals surface area contributed by atoms with Gasteiger partial charge in [0, 0.05) is 12.5 Å². The van der Waals surface area contributed by atoms with Crippen molar-refractivity contribution in [2.24, 2.45) is 17.6 Å². The second-order valence-corrected chi connectivity index (χ2v) is 5.72. The quantitative estimate of drug-likeness (QED) is 0.818. The van der Waals surface area contributed by atoms with E-state index >= 15 is 0 Å². The maximum absolute atomic E-state index is 14.1. The molecule has 0 aromatic heterocycles. The first kappa shape index (κ1) is 13.9. The minimum Gasteiger partial charge on any atom is -0.388 e. The van der Waals surface area contributed by atoms with Crippen molar-refractivity contribution in [3.8, 4) is 0 Å². The maximum Gasteiger partial charge on any atom is 0.106 e. The summed E-state index contributed by atoms with van der Waals surface area (Å²) in [6.07, 6.45) is 4.98. The Morgan fingerprint density at radius 2 is 2.06 bits per heavy atom. The van der Waals surface area contributed by atoms with E-state index < -0.39 is 11.8 Å². The molecule has 0 aromatic rings. The zero-order valence-corrected chi connectivity index (χ0v) is 10.7. The second kappa shape index (κ2) is 5.66. The fourth-order valence-corrected chi connectivity index (χ4v) is 3.53. The van der Waals surface area contributed by atoms with E-state index in [1.165, 1.54) is 6.08 Å². The lowest BCUT2D eigenvalue weighted by Gasteiger charge is -2.45. The lowest BCUT2D eigenvalue weighted by Crippen LogP contribution is -2.55. The molecule has 4 heteroatoms. The summed E-state index contributed by atoms with van der Waals surface area (Å²) in [5, 5.41) is 10.8. The van der Waals surface area contributed by atoms with Crippen LogP contribution in [0.2, 0.25) is 0 Å². The molecule has 0 aliphatic heterocycles. The average molecular weight is 259 g/mol. The smallest absolute Gasteiger partial charge is 0.106 e. The minimum atomic E-state index is -1.17. The Bertz CT molecular complexity index is 321. The third-order valence-electron chi connectivity index (χ3n) is 4.71. The Labute approximate surface area is 107 Å². The summed E-state index contributed by atoms with van der Waals surface area (Å²) >= 11 is 0. The molecule has 3 N–H and O–H groups in total. The van der Waals surface area contributed by atoms with E-state index in [-0.39, 0.29) is 24.2 Å². The van der Waals surface area contributed by atoms with Crippen LogP contribution < -0.4 is 5.73 Å². The molecular weight excluding hydrogens is 236 g/mol. The molecule has 2 rings (SSSR count). The van der Waals surface area contributed by atoms with Gasteiger partial charge < -0.3 is 10.8 Å². The molecule has 4 atom stereocenters. The number of hydrogen-bond acceptors (Lipinski definition) is 2. The van der Waals surface area contributed by atoms with Crippen molar-refractivity contribution in [3.05, 3.63) is 11.9 Å². The number of alkyl halides is 1. The zero-order chi connectivity index (χ0) is 13.2. The summed E-state index contributed by atoms with van der Waals surface area (Å²) in [5.74, 6) is -0.606. The first-order chi connectivity index (χ1) is 8.58. The van der Waals surface area contributed by atoms with Crippen LogP contribution in [-0.2, 0) is 0 Å². The summed E-state index contributed by atoms with van der Waals surface area (Å²) < 4.78 is 27.1. The second-order valence-electron chi connectivity index (χ2n) is 5.72. The van der Waals surface area contributed by atoms with E-state index in [1.807, 2.05) is 0 Å². The molecule has 4 unspecified atom stereocenters. The molecule has 104 valence electrons. The number of rotatable bonds is 3. The molecule has 0 radical (unpaired) electrons. The van der Waals surface area contributed by atoms with E-state index in [0.29, 0.717) is 32.1 Å². The summed E-state index contributed by atoms with van der Waals surface area (Å²) in [7, 11) is 0. The fraction of sp³-hybridized carbons (Fsp3) is 0.857. The van der Waals surface area contributed by atoms with Gasteiger partial charge >= 0.3 is 0 Å². The van der Waals surface area contributed by atoms with Crippen LogP contribution in [0.25, 0.3) is 0 Å². The van der Waals surface area contributed by atoms with Crippen LogP contribution in [0.5, 0.6) is 0 Å². The average Bonchev–Trinajstić information content (AvgIpc) is 2.39. The lowest BCUT2D eigenvalue weighted by molar-refractivity contribution is -0.102. The lowest BCUT2D eigenvalue weighted by atomic mass is 9.66. The van der Waals surface area contributed by atoms with Crippen LogP contribution in [0.4, 0.5) is 8.78 Å². The molecule has 0 saturated heterocycles. The number of hydrogen-bond donors (Lipinski definition) is 2. The van der Waals surface area contributed by atoms with Crippen LogP contribution in [0.3, 0.4) is 0 Å². The van der Waals surface area contributed by atoms with E-state index in [2.05, 4.69) is 0 Å². The summed E-state index contributed by atoms with van der Waals surface area (Å²) in [4.78, 5) is 0. The van der Waals surface area contributed by atoms with Gasteiger partial charge in [0.2, 0.25) is 0 Å². The van der Waals surface area contributed by atoms with Gasteiger partial charge in [-0.25, -0.2) is 8.78 Å². The fourth-order valence-electron chi connectivity index (χ4n) is 3.53. The Hall–Kier alpha value is -0.480. The largest absolute Gasteiger partial charge is 0.388 e. The van der Waals surface area contributed by atoms with Gasteiger partial charge in [-0.1, -0.05) is 18.9 Å².